The third kappa shape index (κ3) is 2.49. The van der Waals surface area contributed by atoms with Gasteiger partial charge in [-0.25, -0.2) is 4.98 Å². The predicted octanol–water partition coefficient (Wildman–Crippen LogP) is 2.77. The second kappa shape index (κ2) is 5.24. The molecule has 0 spiro atoms. The first-order valence-corrected chi connectivity index (χ1v) is 7.07. The van der Waals surface area contributed by atoms with Crippen molar-refractivity contribution in [2.75, 3.05) is 13.1 Å². The quantitative estimate of drug-likeness (QED) is 0.945. The lowest BCUT2D eigenvalue weighted by atomic mass is 10.1. The smallest absolute Gasteiger partial charge is 0.0951 e. The van der Waals surface area contributed by atoms with E-state index in [1.165, 1.54) is 17.7 Å². The van der Waals surface area contributed by atoms with Crippen molar-refractivity contribution in [2.24, 2.45) is 0 Å². The average molecular weight is 306 g/mol. The van der Waals surface area contributed by atoms with E-state index in [1.54, 1.807) is 0 Å². The Morgan fingerprint density at radius 1 is 1.33 bits per heavy atom. The molecule has 1 atom stereocenters. The third-order valence-electron chi connectivity index (χ3n) is 3.49. The molecule has 0 aliphatic carbocycles. The zero-order valence-electron chi connectivity index (χ0n) is 10.1. The van der Waals surface area contributed by atoms with Gasteiger partial charge < -0.3 is 9.88 Å². The Balaban J connectivity index is 1.80. The first-order valence-electron chi connectivity index (χ1n) is 6.28. The highest BCUT2D eigenvalue weighted by Gasteiger charge is 2.19. The summed E-state index contributed by atoms with van der Waals surface area (Å²) in [5.41, 5.74) is 2.66. The fourth-order valence-electron chi connectivity index (χ4n) is 2.50. The molecule has 2 aromatic rings. The number of aromatic nitrogens is 2. The van der Waals surface area contributed by atoms with Crippen molar-refractivity contribution in [1.82, 2.24) is 14.9 Å². The number of nitrogens with one attached hydrogen (secondary N) is 1. The van der Waals surface area contributed by atoms with Gasteiger partial charge in [-0.05, 0) is 30.7 Å². The summed E-state index contributed by atoms with van der Waals surface area (Å²) in [4.78, 5) is 4.31. The third-order valence-corrected chi connectivity index (χ3v) is 4.02. The number of nitrogens with zero attached hydrogens (tertiary/aromatic N) is 2. The minimum absolute atomic E-state index is 0.614. The van der Waals surface area contributed by atoms with Gasteiger partial charge in [-0.3, -0.25) is 0 Å². The topological polar surface area (TPSA) is 29.9 Å². The molecule has 1 aromatic carbocycles. The van der Waals surface area contributed by atoms with Crippen LogP contribution in [0.15, 0.2) is 41.3 Å². The van der Waals surface area contributed by atoms with Crippen LogP contribution in [0.4, 0.5) is 0 Å². The van der Waals surface area contributed by atoms with Crippen LogP contribution in [-0.2, 0) is 6.54 Å². The number of halogens is 1. The summed E-state index contributed by atoms with van der Waals surface area (Å²) in [6, 6.07) is 8.48. The maximum absolute atomic E-state index is 4.31. The van der Waals surface area contributed by atoms with Gasteiger partial charge in [0.25, 0.3) is 0 Å². The highest BCUT2D eigenvalue weighted by molar-refractivity contribution is 9.10. The minimum Gasteiger partial charge on any atom is -0.330 e. The van der Waals surface area contributed by atoms with E-state index < -0.39 is 0 Å². The SMILES string of the molecule is Brc1ccc(Cn2cncc2C2CCNC2)cc1. The van der Waals surface area contributed by atoms with Crippen LogP contribution < -0.4 is 5.32 Å². The average Bonchev–Trinajstić information content (AvgIpc) is 3.02. The lowest BCUT2D eigenvalue weighted by Gasteiger charge is -2.12. The monoisotopic (exact) mass is 305 g/mol. The second-order valence-corrected chi connectivity index (χ2v) is 5.68. The van der Waals surface area contributed by atoms with E-state index in [1.807, 2.05) is 12.5 Å². The van der Waals surface area contributed by atoms with Crippen molar-refractivity contribution in [3.05, 3.63) is 52.5 Å². The Morgan fingerprint density at radius 3 is 2.89 bits per heavy atom. The largest absolute Gasteiger partial charge is 0.330 e. The van der Waals surface area contributed by atoms with E-state index in [4.69, 9.17) is 0 Å². The highest BCUT2D eigenvalue weighted by atomic mass is 79.9. The molecule has 0 bridgehead atoms. The molecule has 1 aromatic heterocycles. The molecule has 1 N–H and O–H groups in total. The van der Waals surface area contributed by atoms with Crippen LogP contribution in [0.25, 0.3) is 0 Å². The van der Waals surface area contributed by atoms with Crippen LogP contribution in [0, 0.1) is 0 Å². The Morgan fingerprint density at radius 2 is 2.17 bits per heavy atom. The number of hydrogen-bond acceptors (Lipinski definition) is 2. The minimum atomic E-state index is 0.614. The molecule has 1 aliphatic rings. The first-order chi connectivity index (χ1) is 8.83. The van der Waals surface area contributed by atoms with E-state index in [0.29, 0.717) is 5.92 Å². The second-order valence-electron chi connectivity index (χ2n) is 4.76. The molecular formula is C14H16BrN3. The first kappa shape index (κ1) is 11.9. The molecule has 0 saturated carbocycles. The Hall–Kier alpha value is -1.13. The van der Waals surface area contributed by atoms with Crippen molar-refractivity contribution < 1.29 is 0 Å². The Kier molecular flexibility index (Phi) is 3.48. The van der Waals surface area contributed by atoms with E-state index in [9.17, 15) is 0 Å². The van der Waals surface area contributed by atoms with Gasteiger partial charge in [0.2, 0.25) is 0 Å². The molecular weight excluding hydrogens is 290 g/mol. The lowest BCUT2D eigenvalue weighted by molar-refractivity contribution is 0.654. The summed E-state index contributed by atoms with van der Waals surface area (Å²) in [6.07, 6.45) is 5.16. The van der Waals surface area contributed by atoms with Crippen molar-refractivity contribution >= 4 is 15.9 Å². The van der Waals surface area contributed by atoms with Gasteiger partial charge in [-0.15, -0.1) is 0 Å². The van der Waals surface area contributed by atoms with E-state index in [-0.39, 0.29) is 0 Å². The molecule has 2 heterocycles. The van der Waals surface area contributed by atoms with Crippen LogP contribution >= 0.6 is 15.9 Å². The molecule has 3 rings (SSSR count). The van der Waals surface area contributed by atoms with Gasteiger partial charge in [-0.2, -0.15) is 0 Å². The molecule has 0 radical (unpaired) electrons. The van der Waals surface area contributed by atoms with Crippen LogP contribution in [0.5, 0.6) is 0 Å². The molecule has 4 heteroatoms. The summed E-state index contributed by atoms with van der Waals surface area (Å²) in [7, 11) is 0. The summed E-state index contributed by atoms with van der Waals surface area (Å²) >= 11 is 3.46. The van der Waals surface area contributed by atoms with Gasteiger partial charge in [-0.1, -0.05) is 28.1 Å². The van der Waals surface area contributed by atoms with Crippen LogP contribution in [-0.4, -0.2) is 22.6 Å². The number of imidazole rings is 1. The molecule has 18 heavy (non-hydrogen) atoms. The number of hydrogen-bond donors (Lipinski definition) is 1. The summed E-state index contributed by atoms with van der Waals surface area (Å²) in [6.45, 7) is 3.10. The summed E-state index contributed by atoms with van der Waals surface area (Å²) < 4.78 is 3.39. The van der Waals surface area contributed by atoms with Gasteiger partial charge in [0.1, 0.15) is 0 Å². The lowest BCUT2D eigenvalue weighted by Crippen LogP contribution is -2.12. The van der Waals surface area contributed by atoms with Gasteiger partial charge >= 0.3 is 0 Å². The van der Waals surface area contributed by atoms with E-state index >= 15 is 0 Å². The summed E-state index contributed by atoms with van der Waals surface area (Å²) in [5.74, 6) is 0.614. The van der Waals surface area contributed by atoms with Crippen molar-refractivity contribution in [1.29, 1.82) is 0 Å². The fraction of sp³-hybridized carbons (Fsp3) is 0.357. The maximum atomic E-state index is 4.31. The van der Waals surface area contributed by atoms with Crippen molar-refractivity contribution in [3.8, 4) is 0 Å². The Labute approximate surface area is 115 Å². The molecule has 0 amide bonds. The molecule has 1 unspecified atom stereocenters. The maximum Gasteiger partial charge on any atom is 0.0951 e. The standard InChI is InChI=1S/C14H16BrN3/c15-13-3-1-11(2-4-13)9-18-10-17-8-14(18)12-5-6-16-7-12/h1-4,8,10,12,16H,5-7,9H2. The van der Waals surface area contributed by atoms with E-state index in [2.05, 4.69) is 55.1 Å². The summed E-state index contributed by atoms with van der Waals surface area (Å²) in [5, 5.41) is 3.41. The van der Waals surface area contributed by atoms with Crippen LogP contribution in [0.1, 0.15) is 23.6 Å². The fourth-order valence-corrected chi connectivity index (χ4v) is 2.76. The molecule has 3 nitrogen and oxygen atoms in total. The van der Waals surface area contributed by atoms with Gasteiger partial charge in [0.15, 0.2) is 0 Å². The highest BCUT2D eigenvalue weighted by Crippen LogP contribution is 2.22. The normalized spacial score (nSPS) is 19.3. The van der Waals surface area contributed by atoms with Gasteiger partial charge in [0.05, 0.1) is 6.33 Å². The Bertz CT molecular complexity index is 512. The molecule has 94 valence electrons. The molecule has 1 aliphatic heterocycles. The van der Waals surface area contributed by atoms with Crippen molar-refractivity contribution in [3.63, 3.8) is 0 Å². The predicted molar refractivity (Wildman–Crippen MR) is 75.7 cm³/mol. The molecule has 1 fully saturated rings. The number of rotatable bonds is 3. The molecule has 1 saturated heterocycles. The zero-order valence-corrected chi connectivity index (χ0v) is 11.7. The van der Waals surface area contributed by atoms with Crippen LogP contribution in [0.3, 0.4) is 0 Å². The zero-order chi connectivity index (χ0) is 12.4. The van der Waals surface area contributed by atoms with Crippen LogP contribution in [0.2, 0.25) is 0 Å². The van der Waals surface area contributed by atoms with Gasteiger partial charge in [0, 0.05) is 35.4 Å². The van der Waals surface area contributed by atoms with Crippen molar-refractivity contribution in [2.45, 2.75) is 18.9 Å². The van der Waals surface area contributed by atoms with E-state index in [0.717, 1.165) is 24.1 Å². The number of benzene rings is 1.